The van der Waals surface area contributed by atoms with Crippen molar-refractivity contribution in [3.63, 3.8) is 0 Å². The van der Waals surface area contributed by atoms with Gasteiger partial charge in [0.2, 0.25) is 11.8 Å². The Kier molecular flexibility index (Phi) is 16.3. The number of nitrogens with one attached hydrogen (secondary N) is 1. The molecule has 1 aromatic heterocycles. The zero-order valence-electron chi connectivity index (χ0n) is 31.1. The number of benzene rings is 3. The van der Waals surface area contributed by atoms with Crippen LogP contribution >= 0.6 is 0 Å². The van der Waals surface area contributed by atoms with Crippen molar-refractivity contribution in [2.24, 2.45) is 11.1 Å². The van der Waals surface area contributed by atoms with Gasteiger partial charge in [0.15, 0.2) is 0 Å². The molecular weight excluding hydrogens is 743 g/mol. The van der Waals surface area contributed by atoms with Gasteiger partial charge in [-0.05, 0) is 47.2 Å². The molecule has 16 heteroatoms. The van der Waals surface area contributed by atoms with Crippen molar-refractivity contribution in [2.75, 3.05) is 19.7 Å². The number of ether oxygens (including phenoxy) is 1. The van der Waals surface area contributed by atoms with Crippen LogP contribution in [0.2, 0.25) is 0 Å². The van der Waals surface area contributed by atoms with E-state index in [1.54, 1.807) is 12.3 Å². The first kappa shape index (κ1) is 44.8. The van der Waals surface area contributed by atoms with Crippen LogP contribution < -0.4 is 11.1 Å². The summed E-state index contributed by atoms with van der Waals surface area (Å²) >= 11 is 0. The summed E-state index contributed by atoms with van der Waals surface area (Å²) in [4.78, 5) is 48.8. The fourth-order valence-electron chi connectivity index (χ4n) is 5.74. The molecule has 2 atom stereocenters. The zero-order valence-corrected chi connectivity index (χ0v) is 31.1. The van der Waals surface area contributed by atoms with Gasteiger partial charge >= 0.3 is 18.1 Å². The molecule has 302 valence electrons. The fraction of sp³-hybridized carbons (Fsp3) is 0.350. The number of esters is 1. The Bertz CT molecular complexity index is 1920. The van der Waals surface area contributed by atoms with Gasteiger partial charge in [0, 0.05) is 42.7 Å². The van der Waals surface area contributed by atoms with Crippen LogP contribution in [0.3, 0.4) is 0 Å². The van der Waals surface area contributed by atoms with Crippen LogP contribution in [-0.4, -0.2) is 75.3 Å². The summed E-state index contributed by atoms with van der Waals surface area (Å²) in [6.07, 6.45) is -3.35. The maximum Gasteiger partial charge on any atom is 0.490 e. The molecule has 56 heavy (non-hydrogen) atoms. The molecule has 0 aliphatic carbocycles. The quantitative estimate of drug-likeness (QED) is 0.0844. The number of carboxylic acid groups (broad SMARTS) is 1. The van der Waals surface area contributed by atoms with Crippen LogP contribution in [0.5, 0.6) is 0 Å². The van der Waals surface area contributed by atoms with Crippen molar-refractivity contribution < 1.29 is 56.1 Å². The van der Waals surface area contributed by atoms with E-state index in [1.807, 2.05) is 86.0 Å². The third kappa shape index (κ3) is 13.6. The zero-order chi connectivity index (χ0) is 41.6. The minimum atomic E-state index is -5.08. The topological polar surface area (TPSA) is 164 Å². The highest BCUT2D eigenvalue weighted by Gasteiger charge is 2.39. The molecule has 0 bridgehead atoms. The molecule has 0 unspecified atom stereocenters. The van der Waals surface area contributed by atoms with Gasteiger partial charge in [-0.3, -0.25) is 14.4 Å². The second-order valence-electron chi connectivity index (χ2n) is 13.8. The van der Waals surface area contributed by atoms with Gasteiger partial charge in [-0.2, -0.15) is 13.2 Å². The Labute approximate surface area is 320 Å². The predicted octanol–water partition coefficient (Wildman–Crippen LogP) is 5.99. The number of carboxylic acids is 1. The van der Waals surface area contributed by atoms with Gasteiger partial charge in [-0.15, -0.1) is 0 Å². The first-order valence-corrected chi connectivity index (χ1v) is 17.4. The summed E-state index contributed by atoms with van der Waals surface area (Å²) < 4.78 is 68.1. The number of hydrogen-bond acceptors (Lipinski definition) is 7. The van der Waals surface area contributed by atoms with E-state index in [0.29, 0.717) is 17.8 Å². The lowest BCUT2D eigenvalue weighted by atomic mass is 9.82. The molecule has 0 spiro atoms. The molecular formula is C40H45F5N4O7. The summed E-state index contributed by atoms with van der Waals surface area (Å²) in [6.45, 7) is 5.54. The lowest BCUT2D eigenvalue weighted by Gasteiger charge is -2.41. The molecule has 11 nitrogen and oxygen atoms in total. The summed E-state index contributed by atoms with van der Waals surface area (Å²) in [5.41, 5.74) is 8.53. The maximum absolute atomic E-state index is 15.0. The average Bonchev–Trinajstić information content (AvgIpc) is 3.55. The van der Waals surface area contributed by atoms with Crippen molar-refractivity contribution >= 4 is 23.8 Å². The molecule has 5 N–H and O–H groups in total. The van der Waals surface area contributed by atoms with Gasteiger partial charge in [-0.1, -0.05) is 81.4 Å². The van der Waals surface area contributed by atoms with Gasteiger partial charge in [0.25, 0.3) is 0 Å². The van der Waals surface area contributed by atoms with Crippen LogP contribution in [0.4, 0.5) is 22.0 Å². The lowest BCUT2D eigenvalue weighted by Crippen LogP contribution is -2.47. The number of halogens is 5. The number of aliphatic hydroxyl groups is 1. The maximum atomic E-state index is 15.0. The standard InChI is InChI=1S/C38H44F2N4O5.C2HF3O2/c1-38(2,3)36(33-20-28(30-21-29(39)14-15-31(30)40)23-43(33)22-26-10-6-4-7-11-26)44(34(46)24-45)19-17-32(41)37(48)42-18-16-35(47)49-25-27-12-8-5-9-13-27;3-2(4,5)1(6)7/h4-15,20-21,23,32,36,45H,16-19,22,24-25,41H2,1-3H3,(H,42,48);(H,6,7)/t32-,36-;/m0./s1. The van der Waals surface area contributed by atoms with E-state index in [9.17, 15) is 41.4 Å². The Morgan fingerprint density at radius 3 is 2.05 bits per heavy atom. The number of alkyl halides is 3. The number of carbonyl (C=O) groups is 4. The molecule has 0 aliphatic heterocycles. The summed E-state index contributed by atoms with van der Waals surface area (Å²) in [5, 5.41) is 19.8. The van der Waals surface area contributed by atoms with Crippen molar-refractivity contribution in [1.82, 2.24) is 14.8 Å². The molecule has 0 fully saturated rings. The fourth-order valence-corrected chi connectivity index (χ4v) is 5.74. The average molecular weight is 789 g/mol. The second kappa shape index (κ2) is 20.3. The first-order valence-electron chi connectivity index (χ1n) is 17.4. The molecule has 0 aliphatic rings. The second-order valence-corrected chi connectivity index (χ2v) is 13.8. The van der Waals surface area contributed by atoms with Crippen molar-refractivity contribution in [3.05, 3.63) is 120 Å². The highest BCUT2D eigenvalue weighted by molar-refractivity contribution is 5.82. The van der Waals surface area contributed by atoms with Gasteiger partial charge in [0.1, 0.15) is 24.8 Å². The molecule has 0 saturated carbocycles. The predicted molar refractivity (Wildman–Crippen MR) is 196 cm³/mol. The van der Waals surface area contributed by atoms with E-state index in [0.717, 1.165) is 29.3 Å². The first-order chi connectivity index (χ1) is 26.3. The highest BCUT2D eigenvalue weighted by atomic mass is 19.4. The van der Waals surface area contributed by atoms with Crippen LogP contribution in [0.25, 0.3) is 11.1 Å². The molecule has 4 aromatic rings. The molecule has 2 amide bonds. The number of rotatable bonds is 15. The van der Waals surface area contributed by atoms with Gasteiger partial charge in [-0.25, -0.2) is 13.6 Å². The van der Waals surface area contributed by atoms with Gasteiger partial charge < -0.3 is 35.5 Å². The van der Waals surface area contributed by atoms with Crippen molar-refractivity contribution in [1.29, 1.82) is 0 Å². The minimum absolute atomic E-state index is 0.00914. The van der Waals surface area contributed by atoms with E-state index < -0.39 is 65.7 Å². The van der Waals surface area contributed by atoms with E-state index in [1.165, 1.54) is 4.90 Å². The number of amides is 2. The Balaban J connectivity index is 0.00000109. The number of nitrogens with two attached hydrogens (primary N) is 1. The van der Waals surface area contributed by atoms with Crippen molar-refractivity contribution in [2.45, 2.75) is 65.0 Å². The van der Waals surface area contributed by atoms with Crippen LogP contribution in [0.1, 0.15) is 56.5 Å². The molecule has 3 aromatic carbocycles. The molecule has 0 radical (unpaired) electrons. The number of nitrogens with zero attached hydrogens (tertiary/aromatic N) is 2. The molecule has 0 saturated heterocycles. The van der Waals surface area contributed by atoms with Crippen LogP contribution in [0, 0.1) is 17.0 Å². The Morgan fingerprint density at radius 1 is 0.911 bits per heavy atom. The van der Waals surface area contributed by atoms with Gasteiger partial charge in [0.05, 0.1) is 18.5 Å². The number of carbonyl (C=O) groups excluding carboxylic acids is 3. The molecule has 4 rings (SSSR count). The SMILES string of the molecule is CC(C)(C)[C@H](c1cc(-c2cc(F)ccc2F)cn1Cc1ccccc1)N(CC[C@H](N)C(=O)NCCC(=O)OCc1ccccc1)C(=O)CO.O=C(O)C(F)(F)F. The number of hydrogen-bond donors (Lipinski definition) is 4. The van der Waals surface area contributed by atoms with Crippen LogP contribution in [0.15, 0.2) is 91.1 Å². The Morgan fingerprint density at radius 2 is 1.50 bits per heavy atom. The third-order valence-corrected chi connectivity index (χ3v) is 8.36. The smallest absolute Gasteiger partial charge is 0.475 e. The molecule has 1 heterocycles. The summed E-state index contributed by atoms with van der Waals surface area (Å²) in [6, 6.07) is 22.1. The summed E-state index contributed by atoms with van der Waals surface area (Å²) in [5.74, 6) is -5.50. The number of aromatic nitrogens is 1. The normalized spacial score (nSPS) is 12.5. The summed E-state index contributed by atoms with van der Waals surface area (Å²) in [7, 11) is 0. The Hall–Kier alpha value is -5.61. The third-order valence-electron chi connectivity index (χ3n) is 8.36. The van der Waals surface area contributed by atoms with E-state index >= 15 is 0 Å². The highest BCUT2D eigenvalue weighted by Crippen LogP contribution is 2.41. The minimum Gasteiger partial charge on any atom is -0.475 e. The monoisotopic (exact) mass is 788 g/mol. The van der Waals surface area contributed by atoms with E-state index in [-0.39, 0.29) is 38.1 Å². The van der Waals surface area contributed by atoms with Crippen LogP contribution in [-0.2, 0) is 37.1 Å². The van der Waals surface area contributed by atoms with E-state index in [4.69, 9.17) is 20.4 Å². The number of aliphatic carboxylic acids is 1. The van der Waals surface area contributed by atoms with E-state index in [2.05, 4.69) is 5.32 Å². The number of aliphatic hydroxyl groups excluding tert-OH is 1. The van der Waals surface area contributed by atoms with Crippen molar-refractivity contribution in [3.8, 4) is 11.1 Å². The lowest BCUT2D eigenvalue weighted by molar-refractivity contribution is -0.192. The largest absolute Gasteiger partial charge is 0.490 e.